The van der Waals surface area contributed by atoms with Gasteiger partial charge in [-0.1, -0.05) is 12.1 Å². The number of aromatic nitrogens is 1. The number of carbonyl (C=O) groups is 2. The van der Waals surface area contributed by atoms with Crippen LogP contribution in [0.1, 0.15) is 20.7 Å². The minimum absolute atomic E-state index is 0.287. The Hall–Kier alpha value is -2.21. The average Bonchev–Trinajstić information content (AvgIpc) is 2.39. The van der Waals surface area contributed by atoms with Crippen LogP contribution in [0.5, 0.6) is 0 Å². The normalized spacial score (nSPS) is 9.95. The first kappa shape index (κ1) is 13.2. The van der Waals surface area contributed by atoms with E-state index in [2.05, 4.69) is 26.2 Å². The van der Waals surface area contributed by atoms with E-state index in [9.17, 15) is 9.59 Å². The van der Waals surface area contributed by atoms with Gasteiger partial charge in [0.25, 0.3) is 5.91 Å². The minimum atomic E-state index is -0.574. The summed E-state index contributed by atoms with van der Waals surface area (Å²) in [6.07, 6.45) is 0. The molecule has 0 saturated heterocycles. The molecule has 1 heterocycles. The summed E-state index contributed by atoms with van der Waals surface area (Å²) in [5.41, 5.74) is 5.80. The summed E-state index contributed by atoms with van der Waals surface area (Å²) in [5, 5.41) is 2.63. The number of anilines is 1. The van der Waals surface area contributed by atoms with Gasteiger partial charge in [-0.25, -0.2) is 4.98 Å². The molecule has 96 valence electrons. The highest BCUT2D eigenvalue weighted by Crippen LogP contribution is 2.12. The van der Waals surface area contributed by atoms with E-state index in [0.717, 1.165) is 0 Å². The van der Waals surface area contributed by atoms with Crippen molar-refractivity contribution in [3.63, 3.8) is 0 Å². The molecule has 0 unspecified atom stereocenters. The van der Waals surface area contributed by atoms with E-state index in [1.165, 1.54) is 6.07 Å². The average molecular weight is 320 g/mol. The lowest BCUT2D eigenvalue weighted by Crippen LogP contribution is -2.15. The molecule has 0 atom stereocenters. The van der Waals surface area contributed by atoms with Gasteiger partial charge in [0.2, 0.25) is 5.91 Å². The standard InChI is InChI=1S/C13H10BrN3O2/c14-10-5-2-6-11(16-10)17-13(19)9-4-1-3-8(7-9)12(15)18/h1-7H,(H2,15,18)(H,16,17,19). The van der Waals surface area contributed by atoms with Gasteiger partial charge in [-0.3, -0.25) is 9.59 Å². The van der Waals surface area contributed by atoms with Crippen LogP contribution in [0.4, 0.5) is 5.82 Å². The third-order valence-corrected chi connectivity index (χ3v) is 2.81. The van der Waals surface area contributed by atoms with E-state index in [0.29, 0.717) is 16.0 Å². The molecule has 0 saturated carbocycles. The molecule has 2 amide bonds. The smallest absolute Gasteiger partial charge is 0.256 e. The molecule has 2 rings (SSSR count). The number of hydrogen-bond donors (Lipinski definition) is 2. The Morgan fingerprint density at radius 3 is 2.47 bits per heavy atom. The predicted octanol–water partition coefficient (Wildman–Crippen LogP) is 2.20. The zero-order chi connectivity index (χ0) is 13.8. The number of primary amides is 1. The number of halogens is 1. The lowest BCUT2D eigenvalue weighted by molar-refractivity contribution is 0.1000. The molecule has 1 aromatic heterocycles. The van der Waals surface area contributed by atoms with Crippen LogP contribution in [0.3, 0.4) is 0 Å². The van der Waals surface area contributed by atoms with Gasteiger partial charge in [-0.15, -0.1) is 0 Å². The number of nitrogens with zero attached hydrogens (tertiary/aromatic N) is 1. The van der Waals surface area contributed by atoms with Crippen LogP contribution < -0.4 is 11.1 Å². The van der Waals surface area contributed by atoms with E-state index in [-0.39, 0.29) is 11.5 Å². The van der Waals surface area contributed by atoms with E-state index < -0.39 is 5.91 Å². The Kier molecular flexibility index (Phi) is 3.91. The first-order valence-electron chi connectivity index (χ1n) is 5.40. The SMILES string of the molecule is NC(=O)c1cccc(C(=O)Nc2cccc(Br)n2)c1. The second-order valence-corrected chi connectivity index (χ2v) is 4.56. The van der Waals surface area contributed by atoms with Crippen molar-refractivity contribution in [2.24, 2.45) is 5.73 Å². The predicted molar refractivity (Wildman–Crippen MR) is 74.9 cm³/mol. The van der Waals surface area contributed by atoms with E-state index in [4.69, 9.17) is 5.73 Å². The van der Waals surface area contributed by atoms with Crippen LogP contribution >= 0.6 is 15.9 Å². The summed E-state index contributed by atoms with van der Waals surface area (Å²) < 4.78 is 0.621. The quantitative estimate of drug-likeness (QED) is 0.850. The third-order valence-electron chi connectivity index (χ3n) is 2.37. The van der Waals surface area contributed by atoms with E-state index in [1.807, 2.05) is 0 Å². The largest absolute Gasteiger partial charge is 0.366 e. The molecule has 0 aliphatic heterocycles. The summed E-state index contributed by atoms with van der Waals surface area (Å²) in [6, 6.07) is 11.4. The van der Waals surface area contributed by atoms with Gasteiger partial charge in [0.1, 0.15) is 10.4 Å². The third kappa shape index (κ3) is 3.38. The van der Waals surface area contributed by atoms with Gasteiger partial charge < -0.3 is 11.1 Å². The lowest BCUT2D eigenvalue weighted by Gasteiger charge is -2.05. The van der Waals surface area contributed by atoms with Crippen LogP contribution in [-0.4, -0.2) is 16.8 Å². The molecule has 1 aromatic carbocycles. The van der Waals surface area contributed by atoms with Crippen LogP contribution in [0.25, 0.3) is 0 Å². The molecule has 0 bridgehead atoms. The van der Waals surface area contributed by atoms with E-state index in [1.54, 1.807) is 36.4 Å². The number of hydrogen-bond acceptors (Lipinski definition) is 3. The zero-order valence-corrected chi connectivity index (χ0v) is 11.3. The van der Waals surface area contributed by atoms with Crippen molar-refractivity contribution < 1.29 is 9.59 Å². The molecular weight excluding hydrogens is 310 g/mol. The lowest BCUT2D eigenvalue weighted by atomic mass is 10.1. The number of amides is 2. The van der Waals surface area contributed by atoms with Crippen molar-refractivity contribution in [3.8, 4) is 0 Å². The Labute approximate surface area is 118 Å². The highest BCUT2D eigenvalue weighted by Gasteiger charge is 2.09. The fourth-order valence-electron chi connectivity index (χ4n) is 1.48. The Morgan fingerprint density at radius 1 is 1.11 bits per heavy atom. The molecule has 19 heavy (non-hydrogen) atoms. The Morgan fingerprint density at radius 2 is 1.79 bits per heavy atom. The monoisotopic (exact) mass is 319 g/mol. The maximum atomic E-state index is 12.0. The molecule has 6 heteroatoms. The van der Waals surface area contributed by atoms with Gasteiger partial charge in [-0.05, 0) is 46.3 Å². The fraction of sp³-hybridized carbons (Fsp3) is 0. The number of nitrogens with two attached hydrogens (primary N) is 1. The zero-order valence-electron chi connectivity index (χ0n) is 9.76. The summed E-state index contributed by atoms with van der Waals surface area (Å²) in [5.74, 6) is -0.507. The van der Waals surface area contributed by atoms with Gasteiger partial charge in [0.05, 0.1) is 0 Å². The molecule has 2 aromatic rings. The molecule has 0 fully saturated rings. The Bertz CT molecular complexity index is 643. The van der Waals surface area contributed by atoms with Crippen molar-refractivity contribution in [1.29, 1.82) is 0 Å². The van der Waals surface area contributed by atoms with Crippen LogP contribution in [0.2, 0.25) is 0 Å². The molecule has 0 aliphatic carbocycles. The Balaban J connectivity index is 2.20. The maximum absolute atomic E-state index is 12.0. The number of carbonyl (C=O) groups excluding carboxylic acids is 2. The van der Waals surface area contributed by atoms with Crippen molar-refractivity contribution >= 4 is 33.6 Å². The second-order valence-electron chi connectivity index (χ2n) is 3.74. The first-order chi connectivity index (χ1) is 9.06. The van der Waals surface area contributed by atoms with Gasteiger partial charge in [-0.2, -0.15) is 0 Å². The topological polar surface area (TPSA) is 85.1 Å². The highest BCUT2D eigenvalue weighted by atomic mass is 79.9. The molecule has 0 spiro atoms. The van der Waals surface area contributed by atoms with Crippen molar-refractivity contribution in [1.82, 2.24) is 4.98 Å². The summed E-state index contributed by atoms with van der Waals surface area (Å²) in [4.78, 5) is 27.1. The number of nitrogens with one attached hydrogen (secondary N) is 1. The molecule has 5 nitrogen and oxygen atoms in total. The molecule has 0 radical (unpaired) electrons. The van der Waals surface area contributed by atoms with E-state index >= 15 is 0 Å². The van der Waals surface area contributed by atoms with Gasteiger partial charge >= 0.3 is 0 Å². The number of rotatable bonds is 3. The number of pyridine rings is 1. The maximum Gasteiger partial charge on any atom is 0.256 e. The van der Waals surface area contributed by atoms with Gasteiger partial charge in [0.15, 0.2) is 0 Å². The van der Waals surface area contributed by atoms with Crippen LogP contribution in [0.15, 0.2) is 47.1 Å². The second kappa shape index (κ2) is 5.62. The van der Waals surface area contributed by atoms with Crippen LogP contribution in [-0.2, 0) is 0 Å². The summed E-state index contributed by atoms with van der Waals surface area (Å²) in [6.45, 7) is 0. The number of benzene rings is 1. The molecule has 0 aliphatic rings. The van der Waals surface area contributed by atoms with Gasteiger partial charge in [0, 0.05) is 11.1 Å². The first-order valence-corrected chi connectivity index (χ1v) is 6.19. The van der Waals surface area contributed by atoms with Crippen molar-refractivity contribution in [2.75, 3.05) is 5.32 Å². The minimum Gasteiger partial charge on any atom is -0.366 e. The molecular formula is C13H10BrN3O2. The molecule has 3 N–H and O–H groups in total. The fourth-order valence-corrected chi connectivity index (χ4v) is 1.82. The van der Waals surface area contributed by atoms with Crippen molar-refractivity contribution in [3.05, 3.63) is 58.2 Å². The van der Waals surface area contributed by atoms with Crippen molar-refractivity contribution in [2.45, 2.75) is 0 Å². The summed E-state index contributed by atoms with van der Waals surface area (Å²) in [7, 11) is 0. The highest BCUT2D eigenvalue weighted by molar-refractivity contribution is 9.10. The summed E-state index contributed by atoms with van der Waals surface area (Å²) >= 11 is 3.22. The van der Waals surface area contributed by atoms with Crippen LogP contribution in [0, 0.1) is 0 Å².